The topological polar surface area (TPSA) is 104 Å². The maximum Gasteiger partial charge on any atom is 0.225 e. The smallest absolute Gasteiger partial charge is 0.225 e. The molecule has 0 fully saturated rings. The van der Waals surface area contributed by atoms with Crippen LogP contribution in [-0.2, 0) is 6.54 Å². The van der Waals surface area contributed by atoms with Crippen molar-refractivity contribution < 1.29 is 4.74 Å². The quantitative estimate of drug-likeness (QED) is 0.424. The van der Waals surface area contributed by atoms with Crippen molar-refractivity contribution in [1.29, 1.82) is 0 Å². The molecule has 0 atom stereocenters. The Morgan fingerprint density at radius 1 is 0.938 bits per heavy atom. The minimum Gasteiger partial charge on any atom is -0.496 e. The molecule has 0 saturated heterocycles. The third kappa shape index (κ3) is 3.58. The third-order valence-electron chi connectivity index (χ3n) is 5.09. The van der Waals surface area contributed by atoms with Gasteiger partial charge in [-0.25, -0.2) is 9.67 Å². The number of nitrogen functional groups attached to an aromatic ring is 1. The number of benzene rings is 2. The Morgan fingerprint density at radius 3 is 2.50 bits per heavy atom. The van der Waals surface area contributed by atoms with Crippen LogP contribution in [0.25, 0.3) is 28.0 Å². The molecule has 158 valence electrons. The molecule has 0 saturated carbocycles. The highest BCUT2D eigenvalue weighted by molar-refractivity contribution is 6.00. The van der Waals surface area contributed by atoms with Gasteiger partial charge in [0.15, 0.2) is 5.65 Å². The van der Waals surface area contributed by atoms with Crippen molar-refractivity contribution in [3.63, 3.8) is 0 Å². The average Bonchev–Trinajstić information content (AvgIpc) is 3.19. The lowest BCUT2D eigenvalue weighted by Gasteiger charge is -2.11. The van der Waals surface area contributed by atoms with Crippen molar-refractivity contribution in [3.05, 3.63) is 84.7 Å². The van der Waals surface area contributed by atoms with E-state index in [0.29, 0.717) is 40.8 Å². The first-order chi connectivity index (χ1) is 15.7. The molecule has 8 heteroatoms. The van der Waals surface area contributed by atoms with Crippen LogP contribution in [0, 0.1) is 0 Å². The van der Waals surface area contributed by atoms with E-state index in [9.17, 15) is 0 Å². The van der Waals surface area contributed by atoms with E-state index in [-0.39, 0.29) is 0 Å². The summed E-state index contributed by atoms with van der Waals surface area (Å²) in [6, 6.07) is 23.2. The van der Waals surface area contributed by atoms with E-state index < -0.39 is 0 Å². The highest BCUT2D eigenvalue weighted by Gasteiger charge is 2.21. The molecule has 2 aromatic carbocycles. The van der Waals surface area contributed by atoms with Gasteiger partial charge in [-0.05, 0) is 36.4 Å². The summed E-state index contributed by atoms with van der Waals surface area (Å²) in [7, 11) is 1.63. The number of anilines is 2. The Labute approximate surface area is 184 Å². The molecular weight excluding hydrogens is 402 g/mol. The number of nitrogens with zero attached hydrogens (tertiary/aromatic N) is 5. The van der Waals surface area contributed by atoms with Crippen LogP contribution in [0.2, 0.25) is 0 Å². The van der Waals surface area contributed by atoms with Crippen molar-refractivity contribution in [2.24, 2.45) is 0 Å². The molecule has 0 aliphatic carbocycles. The highest BCUT2D eigenvalue weighted by atomic mass is 16.5. The zero-order valence-electron chi connectivity index (χ0n) is 17.4. The molecule has 0 aliphatic heterocycles. The second kappa shape index (κ2) is 8.35. The van der Waals surface area contributed by atoms with Crippen LogP contribution in [0.3, 0.4) is 0 Å². The van der Waals surface area contributed by atoms with Crippen LogP contribution in [-0.4, -0.2) is 31.8 Å². The number of nitrogens with two attached hydrogens (primary N) is 1. The fourth-order valence-corrected chi connectivity index (χ4v) is 3.56. The number of fused-ring (bicyclic) bond motifs is 1. The summed E-state index contributed by atoms with van der Waals surface area (Å²) in [6.07, 6.45) is 1.75. The van der Waals surface area contributed by atoms with E-state index in [2.05, 4.69) is 20.4 Å². The van der Waals surface area contributed by atoms with E-state index in [4.69, 9.17) is 15.5 Å². The number of nitrogens with one attached hydrogen (secondary N) is 1. The molecule has 8 nitrogen and oxygen atoms in total. The maximum atomic E-state index is 6.57. The van der Waals surface area contributed by atoms with E-state index in [1.807, 2.05) is 72.8 Å². The SMILES string of the molecule is COc1ccccc1-c1nc(NCc2ccccn2)nc2nn(-c3ccccc3)c(N)c12. The van der Waals surface area contributed by atoms with Gasteiger partial charge in [0.05, 0.1) is 36.1 Å². The summed E-state index contributed by atoms with van der Waals surface area (Å²) >= 11 is 0. The summed E-state index contributed by atoms with van der Waals surface area (Å²) in [5.74, 6) is 1.58. The minimum atomic E-state index is 0.432. The lowest BCUT2D eigenvalue weighted by atomic mass is 10.1. The molecule has 3 heterocycles. The molecule has 0 radical (unpaired) electrons. The number of ether oxygens (including phenoxy) is 1. The van der Waals surface area contributed by atoms with Crippen molar-refractivity contribution >= 4 is 22.8 Å². The molecule has 5 aromatic rings. The molecular formula is C24H21N7O. The Balaban J connectivity index is 1.68. The predicted molar refractivity (Wildman–Crippen MR) is 125 cm³/mol. The fraction of sp³-hybridized carbons (Fsp3) is 0.0833. The lowest BCUT2D eigenvalue weighted by Crippen LogP contribution is -2.06. The standard InChI is InChI=1S/C24H21N7O/c1-32-19-13-6-5-12-18(19)21-20-22(25)31(17-10-3-2-4-11-17)30-23(20)29-24(28-21)27-15-16-9-7-8-14-26-16/h2-14H,15,25H2,1H3,(H,27,29,30). The minimum absolute atomic E-state index is 0.432. The molecule has 0 amide bonds. The second-order valence-corrected chi connectivity index (χ2v) is 7.10. The predicted octanol–water partition coefficient (Wildman–Crippen LogP) is 4.08. The van der Waals surface area contributed by atoms with E-state index >= 15 is 0 Å². The van der Waals surface area contributed by atoms with Gasteiger partial charge in [-0.3, -0.25) is 4.98 Å². The first-order valence-corrected chi connectivity index (χ1v) is 10.1. The van der Waals surface area contributed by atoms with Crippen LogP contribution in [0.15, 0.2) is 79.0 Å². The van der Waals surface area contributed by atoms with Crippen LogP contribution < -0.4 is 15.8 Å². The average molecular weight is 423 g/mol. The molecule has 32 heavy (non-hydrogen) atoms. The number of aromatic nitrogens is 5. The number of rotatable bonds is 6. The monoisotopic (exact) mass is 423 g/mol. The summed E-state index contributed by atoms with van der Waals surface area (Å²) in [6.45, 7) is 0.479. The Kier molecular flexibility index (Phi) is 5.09. The summed E-state index contributed by atoms with van der Waals surface area (Å²) in [5.41, 5.74) is 10.2. The number of methoxy groups -OCH3 is 1. The molecule has 0 aliphatic rings. The molecule has 0 spiro atoms. The van der Waals surface area contributed by atoms with Crippen LogP contribution in [0.1, 0.15) is 5.69 Å². The number of para-hydroxylation sites is 2. The molecule has 5 rings (SSSR count). The summed E-state index contributed by atoms with van der Waals surface area (Å²) < 4.78 is 7.27. The first-order valence-electron chi connectivity index (χ1n) is 10.1. The summed E-state index contributed by atoms with van der Waals surface area (Å²) in [4.78, 5) is 13.8. The molecule has 3 N–H and O–H groups in total. The van der Waals surface area contributed by atoms with Crippen molar-refractivity contribution in [2.45, 2.75) is 6.54 Å². The van der Waals surface area contributed by atoms with Crippen LogP contribution in [0.5, 0.6) is 5.75 Å². The van der Waals surface area contributed by atoms with Gasteiger partial charge in [0, 0.05) is 11.8 Å². The van der Waals surface area contributed by atoms with Gasteiger partial charge in [-0.1, -0.05) is 36.4 Å². The zero-order chi connectivity index (χ0) is 21.9. The summed E-state index contributed by atoms with van der Waals surface area (Å²) in [5, 5.41) is 8.61. The van der Waals surface area contributed by atoms with E-state index in [0.717, 1.165) is 16.9 Å². The lowest BCUT2D eigenvalue weighted by molar-refractivity contribution is 0.416. The van der Waals surface area contributed by atoms with E-state index in [1.165, 1.54) is 0 Å². The number of pyridine rings is 1. The maximum absolute atomic E-state index is 6.57. The van der Waals surface area contributed by atoms with Crippen molar-refractivity contribution in [2.75, 3.05) is 18.2 Å². The first kappa shape index (κ1) is 19.5. The molecule has 3 aromatic heterocycles. The van der Waals surface area contributed by atoms with Crippen LogP contribution >= 0.6 is 0 Å². The van der Waals surface area contributed by atoms with Gasteiger partial charge < -0.3 is 15.8 Å². The van der Waals surface area contributed by atoms with Crippen LogP contribution in [0.4, 0.5) is 11.8 Å². The Morgan fingerprint density at radius 2 is 1.72 bits per heavy atom. The molecule has 0 bridgehead atoms. The number of hydrogen-bond acceptors (Lipinski definition) is 7. The highest BCUT2D eigenvalue weighted by Crippen LogP contribution is 2.37. The van der Waals surface area contributed by atoms with Gasteiger partial charge in [0.25, 0.3) is 0 Å². The Hall–Kier alpha value is -4.46. The molecule has 0 unspecified atom stereocenters. The van der Waals surface area contributed by atoms with Gasteiger partial charge >= 0.3 is 0 Å². The Bertz CT molecular complexity index is 1370. The second-order valence-electron chi connectivity index (χ2n) is 7.10. The van der Waals surface area contributed by atoms with E-state index in [1.54, 1.807) is 18.0 Å². The van der Waals surface area contributed by atoms with Gasteiger partial charge in [0.2, 0.25) is 5.95 Å². The zero-order valence-corrected chi connectivity index (χ0v) is 17.4. The normalized spacial score (nSPS) is 10.9. The third-order valence-corrected chi connectivity index (χ3v) is 5.09. The largest absolute Gasteiger partial charge is 0.496 e. The van der Waals surface area contributed by atoms with Crippen molar-refractivity contribution in [3.8, 4) is 22.7 Å². The number of hydrogen-bond donors (Lipinski definition) is 2. The van der Waals surface area contributed by atoms with Gasteiger partial charge in [0.1, 0.15) is 11.6 Å². The fourth-order valence-electron chi connectivity index (χ4n) is 3.56. The van der Waals surface area contributed by atoms with Gasteiger partial charge in [-0.2, -0.15) is 4.98 Å². The van der Waals surface area contributed by atoms with Crippen molar-refractivity contribution in [1.82, 2.24) is 24.7 Å². The van der Waals surface area contributed by atoms with Gasteiger partial charge in [-0.15, -0.1) is 5.10 Å².